The van der Waals surface area contributed by atoms with Crippen LogP contribution < -0.4 is 4.90 Å². The van der Waals surface area contributed by atoms with E-state index in [0.717, 1.165) is 17.9 Å². The number of hydrogen-bond donors (Lipinski definition) is 1. The van der Waals surface area contributed by atoms with Crippen molar-refractivity contribution in [2.45, 2.75) is 52.2 Å². The second-order valence-corrected chi connectivity index (χ2v) is 5.66. The summed E-state index contributed by atoms with van der Waals surface area (Å²) in [5.74, 6) is 1.66. The standard InChI is InChI=1S/C15H24N2O/c1-12(2)10-17(14-5-3-4-6-14)15-9-13(11-18)7-8-16-15/h7-9,12,14,18H,3-6,10-11H2,1-2H3. The first-order valence-electron chi connectivity index (χ1n) is 7.03. The Balaban J connectivity index is 2.20. The Kier molecular flexibility index (Phi) is 4.59. The fourth-order valence-corrected chi connectivity index (χ4v) is 2.75. The van der Waals surface area contributed by atoms with Gasteiger partial charge < -0.3 is 10.0 Å². The lowest BCUT2D eigenvalue weighted by Crippen LogP contribution is -2.37. The van der Waals surface area contributed by atoms with Gasteiger partial charge in [0.15, 0.2) is 0 Å². The molecule has 0 spiro atoms. The molecule has 1 fully saturated rings. The highest BCUT2D eigenvalue weighted by atomic mass is 16.3. The number of anilines is 1. The van der Waals surface area contributed by atoms with Crippen molar-refractivity contribution in [3.63, 3.8) is 0 Å². The second-order valence-electron chi connectivity index (χ2n) is 5.66. The van der Waals surface area contributed by atoms with Gasteiger partial charge in [-0.05, 0) is 36.5 Å². The van der Waals surface area contributed by atoms with Crippen molar-refractivity contribution < 1.29 is 5.11 Å². The molecule has 0 unspecified atom stereocenters. The molecule has 3 heteroatoms. The molecule has 1 aliphatic carbocycles. The normalized spacial score (nSPS) is 16.4. The lowest BCUT2D eigenvalue weighted by atomic mass is 10.1. The van der Waals surface area contributed by atoms with Crippen molar-refractivity contribution in [1.82, 2.24) is 4.98 Å². The zero-order valence-electron chi connectivity index (χ0n) is 11.5. The van der Waals surface area contributed by atoms with E-state index in [2.05, 4.69) is 23.7 Å². The van der Waals surface area contributed by atoms with Gasteiger partial charge in [0, 0.05) is 18.8 Å². The molecule has 2 rings (SSSR count). The summed E-state index contributed by atoms with van der Waals surface area (Å²) in [5.41, 5.74) is 0.951. The maximum absolute atomic E-state index is 9.24. The number of aliphatic hydroxyl groups excluding tert-OH is 1. The molecule has 1 aromatic rings. The van der Waals surface area contributed by atoms with E-state index in [0.29, 0.717) is 12.0 Å². The average molecular weight is 248 g/mol. The summed E-state index contributed by atoms with van der Waals surface area (Å²) in [4.78, 5) is 6.94. The molecule has 1 aromatic heterocycles. The van der Waals surface area contributed by atoms with Gasteiger partial charge in [0.25, 0.3) is 0 Å². The van der Waals surface area contributed by atoms with Crippen LogP contribution in [-0.4, -0.2) is 22.7 Å². The van der Waals surface area contributed by atoms with Gasteiger partial charge in [0.05, 0.1) is 6.61 Å². The minimum atomic E-state index is 0.0930. The zero-order chi connectivity index (χ0) is 13.0. The van der Waals surface area contributed by atoms with E-state index < -0.39 is 0 Å². The topological polar surface area (TPSA) is 36.4 Å². The van der Waals surface area contributed by atoms with Gasteiger partial charge in [0.2, 0.25) is 0 Å². The van der Waals surface area contributed by atoms with E-state index in [4.69, 9.17) is 0 Å². The first-order chi connectivity index (χ1) is 8.70. The largest absolute Gasteiger partial charge is 0.392 e. The summed E-state index contributed by atoms with van der Waals surface area (Å²) >= 11 is 0. The molecule has 0 radical (unpaired) electrons. The SMILES string of the molecule is CC(C)CN(c1cc(CO)ccn1)C1CCCC1. The van der Waals surface area contributed by atoms with Crippen LogP contribution in [0.1, 0.15) is 45.1 Å². The Morgan fingerprint density at radius 3 is 2.72 bits per heavy atom. The lowest BCUT2D eigenvalue weighted by molar-refractivity contribution is 0.281. The highest BCUT2D eigenvalue weighted by Gasteiger charge is 2.24. The van der Waals surface area contributed by atoms with Crippen molar-refractivity contribution in [2.75, 3.05) is 11.4 Å². The smallest absolute Gasteiger partial charge is 0.129 e. The van der Waals surface area contributed by atoms with Gasteiger partial charge >= 0.3 is 0 Å². The third-order valence-corrected chi connectivity index (χ3v) is 3.61. The Labute approximate surface area is 110 Å². The third-order valence-electron chi connectivity index (χ3n) is 3.61. The summed E-state index contributed by atoms with van der Waals surface area (Å²) in [6, 6.07) is 4.54. The zero-order valence-corrected chi connectivity index (χ0v) is 11.5. The fraction of sp³-hybridized carbons (Fsp3) is 0.667. The van der Waals surface area contributed by atoms with Gasteiger partial charge in [-0.3, -0.25) is 0 Å². The van der Waals surface area contributed by atoms with Crippen LogP contribution in [0.2, 0.25) is 0 Å². The number of pyridine rings is 1. The van der Waals surface area contributed by atoms with Crippen LogP contribution in [0, 0.1) is 5.92 Å². The highest BCUT2D eigenvalue weighted by Crippen LogP contribution is 2.28. The van der Waals surface area contributed by atoms with Crippen LogP contribution in [0.25, 0.3) is 0 Å². The van der Waals surface area contributed by atoms with Gasteiger partial charge in [-0.15, -0.1) is 0 Å². The molecule has 3 nitrogen and oxygen atoms in total. The first-order valence-corrected chi connectivity index (χ1v) is 7.03. The number of nitrogens with zero attached hydrogens (tertiary/aromatic N) is 2. The molecular weight excluding hydrogens is 224 g/mol. The van der Waals surface area contributed by atoms with E-state index in [1.165, 1.54) is 25.7 Å². The molecule has 0 atom stereocenters. The monoisotopic (exact) mass is 248 g/mol. The quantitative estimate of drug-likeness (QED) is 0.870. The number of hydrogen-bond acceptors (Lipinski definition) is 3. The van der Waals surface area contributed by atoms with Gasteiger partial charge in [-0.25, -0.2) is 4.98 Å². The molecule has 1 saturated carbocycles. The highest BCUT2D eigenvalue weighted by molar-refractivity contribution is 5.42. The minimum absolute atomic E-state index is 0.0930. The molecule has 0 aliphatic heterocycles. The lowest BCUT2D eigenvalue weighted by Gasteiger charge is -2.32. The third kappa shape index (κ3) is 3.22. The number of aromatic nitrogens is 1. The van der Waals surface area contributed by atoms with E-state index >= 15 is 0 Å². The summed E-state index contributed by atoms with van der Waals surface area (Å²) < 4.78 is 0. The molecule has 18 heavy (non-hydrogen) atoms. The molecule has 1 aliphatic rings. The molecule has 1 heterocycles. The molecule has 100 valence electrons. The minimum Gasteiger partial charge on any atom is -0.392 e. The van der Waals surface area contributed by atoms with Crippen molar-refractivity contribution in [3.8, 4) is 0 Å². The van der Waals surface area contributed by atoms with Crippen molar-refractivity contribution in [3.05, 3.63) is 23.9 Å². The predicted molar refractivity (Wildman–Crippen MR) is 74.6 cm³/mol. The molecule has 0 amide bonds. The summed E-state index contributed by atoms with van der Waals surface area (Å²) in [6.45, 7) is 5.64. The predicted octanol–water partition coefficient (Wildman–Crippen LogP) is 2.98. The van der Waals surface area contributed by atoms with Crippen LogP contribution in [0.4, 0.5) is 5.82 Å². The van der Waals surface area contributed by atoms with E-state index in [1.54, 1.807) is 0 Å². The maximum atomic E-state index is 9.24. The van der Waals surface area contributed by atoms with Crippen molar-refractivity contribution in [1.29, 1.82) is 0 Å². The molecule has 1 N–H and O–H groups in total. The van der Waals surface area contributed by atoms with Gasteiger partial charge in [0.1, 0.15) is 5.82 Å². The van der Waals surface area contributed by atoms with Crippen LogP contribution >= 0.6 is 0 Å². The van der Waals surface area contributed by atoms with Gasteiger partial charge in [-0.1, -0.05) is 26.7 Å². The number of aliphatic hydroxyl groups is 1. The maximum Gasteiger partial charge on any atom is 0.129 e. The average Bonchev–Trinajstić information content (AvgIpc) is 2.89. The molecule has 0 aromatic carbocycles. The summed E-state index contributed by atoms with van der Waals surface area (Å²) in [7, 11) is 0. The van der Waals surface area contributed by atoms with Crippen LogP contribution in [0.3, 0.4) is 0 Å². The molecule has 0 saturated heterocycles. The second kappa shape index (κ2) is 6.19. The Morgan fingerprint density at radius 2 is 2.11 bits per heavy atom. The Morgan fingerprint density at radius 1 is 1.39 bits per heavy atom. The van der Waals surface area contributed by atoms with Crippen molar-refractivity contribution >= 4 is 5.82 Å². The molecular formula is C15H24N2O. The summed E-state index contributed by atoms with van der Waals surface area (Å²) in [5, 5.41) is 9.24. The first kappa shape index (κ1) is 13.3. The van der Waals surface area contributed by atoms with E-state index in [-0.39, 0.29) is 6.61 Å². The Bertz CT molecular complexity index is 373. The van der Waals surface area contributed by atoms with Crippen LogP contribution in [0.5, 0.6) is 0 Å². The number of rotatable bonds is 5. The van der Waals surface area contributed by atoms with Gasteiger partial charge in [-0.2, -0.15) is 0 Å². The van der Waals surface area contributed by atoms with Crippen LogP contribution in [-0.2, 0) is 6.61 Å². The van der Waals surface area contributed by atoms with Crippen molar-refractivity contribution in [2.24, 2.45) is 5.92 Å². The fourth-order valence-electron chi connectivity index (χ4n) is 2.75. The van der Waals surface area contributed by atoms with Crippen LogP contribution in [0.15, 0.2) is 18.3 Å². The summed E-state index contributed by atoms with van der Waals surface area (Å²) in [6.07, 6.45) is 7.02. The molecule has 0 bridgehead atoms. The van der Waals surface area contributed by atoms with E-state index in [1.807, 2.05) is 18.3 Å². The Hall–Kier alpha value is -1.09. The van der Waals surface area contributed by atoms with E-state index in [9.17, 15) is 5.11 Å².